The molecule has 0 amide bonds. The van der Waals surface area contributed by atoms with Crippen molar-refractivity contribution in [2.24, 2.45) is 5.92 Å². The van der Waals surface area contributed by atoms with Crippen molar-refractivity contribution in [2.45, 2.75) is 32.5 Å². The van der Waals surface area contributed by atoms with Crippen LogP contribution in [0.25, 0.3) is 0 Å². The Hall–Kier alpha value is -0.580. The largest absolute Gasteiger partial charge is 0.494 e. The van der Waals surface area contributed by atoms with Crippen LogP contribution in [0, 0.1) is 5.92 Å². The zero-order valence-electron chi connectivity index (χ0n) is 10.7. The molecular weight excluding hydrogens is 296 g/mol. The van der Waals surface area contributed by atoms with Crippen LogP contribution < -0.4 is 4.74 Å². The lowest BCUT2D eigenvalue weighted by atomic mass is 9.93. The van der Waals surface area contributed by atoms with Crippen LogP contribution in [0.1, 0.15) is 31.9 Å². The summed E-state index contributed by atoms with van der Waals surface area (Å²) in [6.45, 7) is 5.26. The molecule has 1 aromatic rings. The summed E-state index contributed by atoms with van der Waals surface area (Å²) in [5.41, 5.74) is 0.904. The number of benzene rings is 1. The van der Waals surface area contributed by atoms with Gasteiger partial charge in [-0.2, -0.15) is 0 Å². The predicted molar refractivity (Wildman–Crippen MR) is 73.8 cm³/mol. The molecule has 1 heterocycles. The number of rotatable bonds is 4. The van der Waals surface area contributed by atoms with Crippen LogP contribution in [0.3, 0.4) is 0 Å². The Labute approximate surface area is 116 Å². The quantitative estimate of drug-likeness (QED) is 0.926. The third-order valence-corrected chi connectivity index (χ3v) is 3.96. The predicted octanol–water partition coefficient (Wildman–Crippen LogP) is 3.31. The second kappa shape index (κ2) is 6.04. The summed E-state index contributed by atoms with van der Waals surface area (Å²) in [5, 5.41) is 10.4. The third-order valence-electron chi connectivity index (χ3n) is 3.28. The maximum absolute atomic E-state index is 10.4. The van der Waals surface area contributed by atoms with Crippen LogP contribution in [0.4, 0.5) is 0 Å². The van der Waals surface area contributed by atoms with Gasteiger partial charge >= 0.3 is 0 Å². The van der Waals surface area contributed by atoms with E-state index < -0.39 is 6.10 Å². The summed E-state index contributed by atoms with van der Waals surface area (Å²) in [5.74, 6) is 0.991. The number of aliphatic hydroxyl groups excluding tert-OH is 1. The second-order valence-corrected chi connectivity index (χ2v) is 5.56. The molecule has 18 heavy (non-hydrogen) atoms. The fourth-order valence-electron chi connectivity index (χ4n) is 2.33. The smallest absolute Gasteiger partial charge is 0.120 e. The van der Waals surface area contributed by atoms with Gasteiger partial charge in [0, 0.05) is 10.4 Å². The van der Waals surface area contributed by atoms with Crippen molar-refractivity contribution in [1.29, 1.82) is 0 Å². The molecule has 0 aliphatic carbocycles. The fraction of sp³-hybridized carbons (Fsp3) is 0.571. The molecule has 1 fully saturated rings. The molecule has 0 bridgehead atoms. The maximum Gasteiger partial charge on any atom is 0.120 e. The van der Waals surface area contributed by atoms with Crippen molar-refractivity contribution < 1.29 is 14.6 Å². The standard InChI is InChI=1S/C14H19BrO3/c1-3-17-11-4-5-12(13(15)7-11)14(16)10-6-9(2)18-8-10/h4-5,7,9-10,14,16H,3,6,8H2,1-2H3. The van der Waals surface area contributed by atoms with E-state index in [-0.39, 0.29) is 12.0 Å². The highest BCUT2D eigenvalue weighted by Gasteiger charge is 2.30. The van der Waals surface area contributed by atoms with Crippen molar-refractivity contribution >= 4 is 15.9 Å². The Morgan fingerprint density at radius 3 is 2.89 bits per heavy atom. The summed E-state index contributed by atoms with van der Waals surface area (Å²) in [6.07, 6.45) is 0.659. The molecule has 0 saturated carbocycles. The highest BCUT2D eigenvalue weighted by molar-refractivity contribution is 9.10. The molecule has 1 aliphatic rings. The van der Waals surface area contributed by atoms with Gasteiger partial charge in [0.15, 0.2) is 0 Å². The summed E-state index contributed by atoms with van der Waals surface area (Å²) in [4.78, 5) is 0. The number of ether oxygens (including phenoxy) is 2. The highest BCUT2D eigenvalue weighted by atomic mass is 79.9. The minimum atomic E-state index is -0.486. The van der Waals surface area contributed by atoms with Gasteiger partial charge in [-0.15, -0.1) is 0 Å². The van der Waals surface area contributed by atoms with Gasteiger partial charge in [0.2, 0.25) is 0 Å². The Morgan fingerprint density at radius 2 is 2.33 bits per heavy atom. The van der Waals surface area contributed by atoms with Gasteiger partial charge in [-0.3, -0.25) is 0 Å². The first-order chi connectivity index (χ1) is 8.61. The van der Waals surface area contributed by atoms with Crippen LogP contribution in [0.5, 0.6) is 5.75 Å². The lowest BCUT2D eigenvalue weighted by Crippen LogP contribution is -2.13. The molecule has 0 radical (unpaired) electrons. The molecule has 3 nitrogen and oxygen atoms in total. The first-order valence-electron chi connectivity index (χ1n) is 6.33. The van der Waals surface area contributed by atoms with E-state index in [0.717, 1.165) is 22.2 Å². The minimum absolute atomic E-state index is 0.175. The van der Waals surface area contributed by atoms with E-state index in [1.165, 1.54) is 0 Å². The first kappa shape index (κ1) is 13.8. The van der Waals surface area contributed by atoms with E-state index in [2.05, 4.69) is 15.9 Å². The summed E-state index contributed by atoms with van der Waals surface area (Å²) < 4.78 is 11.8. The van der Waals surface area contributed by atoms with Gasteiger partial charge in [-0.25, -0.2) is 0 Å². The maximum atomic E-state index is 10.4. The molecule has 3 atom stereocenters. The van der Waals surface area contributed by atoms with Gasteiger partial charge in [-0.1, -0.05) is 22.0 Å². The van der Waals surface area contributed by atoms with E-state index in [1.807, 2.05) is 32.0 Å². The lowest BCUT2D eigenvalue weighted by molar-refractivity contribution is 0.0800. The van der Waals surface area contributed by atoms with Crippen molar-refractivity contribution in [2.75, 3.05) is 13.2 Å². The van der Waals surface area contributed by atoms with Gasteiger partial charge in [0.1, 0.15) is 5.75 Å². The van der Waals surface area contributed by atoms with Gasteiger partial charge < -0.3 is 14.6 Å². The monoisotopic (exact) mass is 314 g/mol. The molecule has 1 N–H and O–H groups in total. The minimum Gasteiger partial charge on any atom is -0.494 e. The summed E-state index contributed by atoms with van der Waals surface area (Å²) >= 11 is 3.50. The SMILES string of the molecule is CCOc1ccc(C(O)C2COC(C)C2)c(Br)c1. The topological polar surface area (TPSA) is 38.7 Å². The summed E-state index contributed by atoms with van der Waals surface area (Å²) in [7, 11) is 0. The summed E-state index contributed by atoms with van der Waals surface area (Å²) in [6, 6.07) is 5.72. The van der Waals surface area contributed by atoms with E-state index in [4.69, 9.17) is 9.47 Å². The zero-order valence-corrected chi connectivity index (χ0v) is 12.3. The Bertz CT molecular complexity index is 408. The average Bonchev–Trinajstić information content (AvgIpc) is 2.76. The van der Waals surface area contributed by atoms with Gasteiger partial charge in [0.25, 0.3) is 0 Å². The van der Waals surface area contributed by atoms with Crippen molar-refractivity contribution in [3.8, 4) is 5.75 Å². The van der Waals surface area contributed by atoms with Gasteiger partial charge in [0.05, 0.1) is 25.4 Å². The molecule has 1 saturated heterocycles. The zero-order chi connectivity index (χ0) is 13.1. The molecule has 4 heteroatoms. The average molecular weight is 315 g/mol. The molecule has 0 spiro atoms. The highest BCUT2D eigenvalue weighted by Crippen LogP contribution is 2.36. The van der Waals surface area contributed by atoms with Crippen molar-refractivity contribution in [3.05, 3.63) is 28.2 Å². The molecular formula is C14H19BrO3. The Morgan fingerprint density at radius 1 is 1.56 bits per heavy atom. The molecule has 3 unspecified atom stereocenters. The number of aliphatic hydroxyl groups is 1. The normalized spacial score (nSPS) is 25.1. The van der Waals surface area contributed by atoms with E-state index in [1.54, 1.807) is 0 Å². The van der Waals surface area contributed by atoms with E-state index in [0.29, 0.717) is 13.2 Å². The van der Waals surface area contributed by atoms with Crippen LogP contribution in [0.15, 0.2) is 22.7 Å². The van der Waals surface area contributed by atoms with Crippen LogP contribution in [-0.4, -0.2) is 24.4 Å². The van der Waals surface area contributed by atoms with E-state index >= 15 is 0 Å². The van der Waals surface area contributed by atoms with Gasteiger partial charge in [-0.05, 0) is 38.0 Å². The molecule has 1 aliphatic heterocycles. The molecule has 2 rings (SSSR count). The Kier molecular flexibility index (Phi) is 4.65. The molecule has 1 aromatic carbocycles. The third kappa shape index (κ3) is 3.05. The van der Waals surface area contributed by atoms with Crippen molar-refractivity contribution in [3.63, 3.8) is 0 Å². The fourth-order valence-corrected chi connectivity index (χ4v) is 2.92. The van der Waals surface area contributed by atoms with Crippen LogP contribution in [-0.2, 0) is 4.74 Å². The molecule has 100 valence electrons. The molecule has 0 aromatic heterocycles. The number of hydrogen-bond acceptors (Lipinski definition) is 3. The van der Waals surface area contributed by atoms with Crippen LogP contribution >= 0.6 is 15.9 Å². The number of halogens is 1. The van der Waals surface area contributed by atoms with E-state index in [9.17, 15) is 5.11 Å². The van der Waals surface area contributed by atoms with Crippen LogP contribution in [0.2, 0.25) is 0 Å². The van der Waals surface area contributed by atoms with Crippen molar-refractivity contribution in [1.82, 2.24) is 0 Å². The second-order valence-electron chi connectivity index (χ2n) is 4.70. The Balaban J connectivity index is 2.12. The first-order valence-corrected chi connectivity index (χ1v) is 7.13. The number of hydrogen-bond donors (Lipinski definition) is 1. The lowest BCUT2D eigenvalue weighted by Gasteiger charge is -2.19.